The van der Waals surface area contributed by atoms with Gasteiger partial charge in [-0.15, -0.1) is 0 Å². The molecule has 1 unspecified atom stereocenters. The molecule has 0 spiro atoms. The zero-order valence-corrected chi connectivity index (χ0v) is 17.9. The number of hydrogen-bond acceptors (Lipinski definition) is 4. The standard InChI is InChI=1S/C20H38BN2OS/c1-6-9-10-11-15-24-19(22)18(23-25)17(7-2)13-12-14-20(4,8-3)16-21-5/h13,22,25H,6-12,14-16H2,1-5H3/b17-13+,22-19?,23-18-. The molecule has 1 N–H and O–H groups in total. The van der Waals surface area contributed by atoms with Crippen molar-refractivity contribution in [1.29, 1.82) is 5.41 Å². The van der Waals surface area contributed by atoms with Crippen LogP contribution in [0, 0.1) is 10.8 Å². The highest BCUT2D eigenvalue weighted by Crippen LogP contribution is 2.32. The van der Waals surface area contributed by atoms with E-state index in [1.807, 2.05) is 0 Å². The van der Waals surface area contributed by atoms with Crippen LogP contribution in [0.25, 0.3) is 0 Å². The van der Waals surface area contributed by atoms with Gasteiger partial charge in [0.05, 0.1) is 6.61 Å². The average Bonchev–Trinajstić information content (AvgIpc) is 2.61. The number of nitrogens with one attached hydrogen (secondary N) is 1. The second kappa shape index (κ2) is 14.5. The van der Waals surface area contributed by atoms with E-state index in [9.17, 15) is 0 Å². The predicted molar refractivity (Wildman–Crippen MR) is 117 cm³/mol. The first-order chi connectivity index (χ1) is 12.0. The van der Waals surface area contributed by atoms with Crippen molar-refractivity contribution in [2.45, 2.75) is 92.2 Å². The van der Waals surface area contributed by atoms with Crippen LogP contribution < -0.4 is 0 Å². The summed E-state index contributed by atoms with van der Waals surface area (Å²) in [6.45, 7) is 11.6. The molecule has 0 bridgehead atoms. The Morgan fingerprint density at radius 2 is 1.96 bits per heavy atom. The molecule has 1 atom stereocenters. The van der Waals surface area contributed by atoms with Crippen LogP contribution in [0.5, 0.6) is 0 Å². The fourth-order valence-corrected chi connectivity index (χ4v) is 3.17. The maximum atomic E-state index is 8.17. The van der Waals surface area contributed by atoms with Gasteiger partial charge in [0.1, 0.15) is 13.0 Å². The molecule has 5 heteroatoms. The van der Waals surface area contributed by atoms with Crippen LogP contribution in [-0.2, 0) is 4.74 Å². The maximum Gasteiger partial charge on any atom is 0.233 e. The monoisotopic (exact) mass is 365 g/mol. The lowest BCUT2D eigenvalue weighted by Crippen LogP contribution is -2.20. The number of allylic oxidation sites excluding steroid dienone is 1. The highest BCUT2D eigenvalue weighted by atomic mass is 32.1. The van der Waals surface area contributed by atoms with Gasteiger partial charge in [-0.1, -0.05) is 72.6 Å². The average molecular weight is 365 g/mol. The summed E-state index contributed by atoms with van der Waals surface area (Å²) in [6.07, 6.45) is 12.1. The number of ether oxygens (including phenoxy) is 1. The summed E-state index contributed by atoms with van der Waals surface area (Å²) in [4.78, 5) is 0. The summed E-state index contributed by atoms with van der Waals surface area (Å²) in [6, 6.07) is 0. The third-order valence-corrected chi connectivity index (χ3v) is 5.13. The molecule has 0 amide bonds. The zero-order valence-electron chi connectivity index (χ0n) is 17.0. The van der Waals surface area contributed by atoms with Crippen molar-refractivity contribution in [2.75, 3.05) is 6.61 Å². The van der Waals surface area contributed by atoms with Crippen molar-refractivity contribution in [3.05, 3.63) is 11.6 Å². The summed E-state index contributed by atoms with van der Waals surface area (Å²) in [7, 11) is 2.26. The third kappa shape index (κ3) is 10.1. The fraction of sp³-hybridized carbons (Fsp3) is 0.800. The molecule has 0 rings (SSSR count). The van der Waals surface area contributed by atoms with Crippen molar-refractivity contribution in [2.24, 2.45) is 9.81 Å². The Hall–Kier alpha value is -0.705. The Bertz CT molecular complexity index is 437. The molecule has 0 aromatic carbocycles. The van der Waals surface area contributed by atoms with Crippen LogP contribution in [-0.4, -0.2) is 25.5 Å². The van der Waals surface area contributed by atoms with Crippen LogP contribution in [0.3, 0.4) is 0 Å². The molecule has 0 aliphatic rings. The molecule has 0 aliphatic heterocycles. The Morgan fingerprint density at radius 1 is 1.24 bits per heavy atom. The van der Waals surface area contributed by atoms with Gasteiger partial charge >= 0.3 is 0 Å². The van der Waals surface area contributed by atoms with E-state index < -0.39 is 0 Å². The van der Waals surface area contributed by atoms with Gasteiger partial charge in [0.2, 0.25) is 5.90 Å². The van der Waals surface area contributed by atoms with Crippen LogP contribution >= 0.6 is 12.8 Å². The summed E-state index contributed by atoms with van der Waals surface area (Å²) in [5.41, 5.74) is 2.00. The minimum absolute atomic E-state index is 0.153. The van der Waals surface area contributed by atoms with Gasteiger partial charge in [0, 0.05) is 0 Å². The molecule has 0 heterocycles. The van der Waals surface area contributed by atoms with Gasteiger partial charge in [0.25, 0.3) is 0 Å². The van der Waals surface area contributed by atoms with Crippen molar-refractivity contribution in [1.82, 2.24) is 0 Å². The van der Waals surface area contributed by atoms with Gasteiger partial charge < -0.3 is 4.74 Å². The summed E-state index contributed by atoms with van der Waals surface area (Å²) in [5, 5.41) is 8.17. The Labute approximate surface area is 162 Å². The molecule has 0 saturated carbocycles. The van der Waals surface area contributed by atoms with E-state index in [-0.39, 0.29) is 5.90 Å². The molecular weight excluding hydrogens is 327 g/mol. The predicted octanol–water partition coefficient (Wildman–Crippen LogP) is 6.55. The molecule has 25 heavy (non-hydrogen) atoms. The Balaban J connectivity index is 4.67. The smallest absolute Gasteiger partial charge is 0.233 e. The van der Waals surface area contributed by atoms with Crippen molar-refractivity contribution < 1.29 is 4.74 Å². The van der Waals surface area contributed by atoms with Crippen LogP contribution in [0.15, 0.2) is 16.0 Å². The third-order valence-electron chi connectivity index (χ3n) is 4.93. The summed E-state index contributed by atoms with van der Waals surface area (Å²) in [5.74, 6) is 0.153. The molecule has 0 aromatic heterocycles. The van der Waals surface area contributed by atoms with Crippen molar-refractivity contribution in [3.8, 4) is 0 Å². The van der Waals surface area contributed by atoms with Crippen LogP contribution in [0.2, 0.25) is 13.1 Å². The minimum atomic E-state index is 0.153. The second-order valence-electron chi connectivity index (χ2n) is 7.09. The van der Waals surface area contributed by atoms with E-state index in [1.54, 1.807) is 0 Å². The normalized spacial score (nSPS) is 15.0. The topological polar surface area (TPSA) is 45.4 Å². The number of rotatable bonds is 14. The lowest BCUT2D eigenvalue weighted by molar-refractivity contribution is 0.296. The molecule has 0 aromatic rings. The van der Waals surface area contributed by atoms with Gasteiger partial charge in [-0.25, -0.2) is 4.40 Å². The first-order valence-corrected chi connectivity index (χ1v) is 10.3. The quantitative estimate of drug-likeness (QED) is 0.118. The van der Waals surface area contributed by atoms with E-state index >= 15 is 0 Å². The molecule has 3 nitrogen and oxygen atoms in total. The highest BCUT2D eigenvalue weighted by Gasteiger charge is 2.20. The van der Waals surface area contributed by atoms with E-state index in [0.717, 1.165) is 44.0 Å². The van der Waals surface area contributed by atoms with Crippen molar-refractivity contribution >= 4 is 31.7 Å². The fourth-order valence-electron chi connectivity index (χ4n) is 2.95. The molecule has 0 aliphatic carbocycles. The molecular formula is C20H38BN2OS. The van der Waals surface area contributed by atoms with E-state index in [4.69, 9.17) is 10.1 Å². The number of nitrogens with zero attached hydrogens (tertiary/aromatic N) is 1. The minimum Gasteiger partial charge on any atom is -0.477 e. The van der Waals surface area contributed by atoms with E-state index in [2.05, 4.69) is 65.1 Å². The summed E-state index contributed by atoms with van der Waals surface area (Å²) < 4.78 is 9.62. The Morgan fingerprint density at radius 3 is 2.48 bits per heavy atom. The first-order valence-electron chi connectivity index (χ1n) is 9.88. The molecule has 0 saturated heterocycles. The van der Waals surface area contributed by atoms with Crippen LogP contribution in [0.1, 0.15) is 79.1 Å². The number of unbranched alkanes of at least 4 members (excludes halogenated alkanes) is 3. The van der Waals surface area contributed by atoms with E-state index in [1.165, 1.54) is 19.3 Å². The van der Waals surface area contributed by atoms with Gasteiger partial charge in [-0.05, 0) is 49.5 Å². The second-order valence-corrected chi connectivity index (χ2v) is 7.29. The summed E-state index contributed by atoms with van der Waals surface area (Å²) >= 11 is 4.08. The van der Waals surface area contributed by atoms with Gasteiger partial charge in [0.15, 0.2) is 0 Å². The van der Waals surface area contributed by atoms with Gasteiger partial charge in [-0.3, -0.25) is 5.41 Å². The van der Waals surface area contributed by atoms with E-state index in [0.29, 0.717) is 17.7 Å². The first kappa shape index (κ1) is 24.3. The SMILES string of the molecule is C[B]CC(C)(CC)CC/C=C(CC)/C(=N/S)C(=N)OCCCCCC. The van der Waals surface area contributed by atoms with Gasteiger partial charge in [-0.2, -0.15) is 0 Å². The number of thiol groups is 1. The largest absolute Gasteiger partial charge is 0.477 e. The number of hydrogen-bond donors (Lipinski definition) is 2. The molecule has 0 fully saturated rings. The Kier molecular flexibility index (Phi) is 14.1. The van der Waals surface area contributed by atoms with Crippen LogP contribution in [0.4, 0.5) is 0 Å². The zero-order chi connectivity index (χ0) is 19.1. The lowest BCUT2D eigenvalue weighted by atomic mass is 9.63. The maximum absolute atomic E-state index is 8.17. The molecule has 1 radical (unpaired) electrons. The van der Waals surface area contributed by atoms with Crippen molar-refractivity contribution in [3.63, 3.8) is 0 Å². The highest BCUT2D eigenvalue weighted by molar-refractivity contribution is 7.79. The molecule has 143 valence electrons. The lowest BCUT2D eigenvalue weighted by Gasteiger charge is -2.27.